The lowest BCUT2D eigenvalue weighted by molar-refractivity contribution is 0.244. The highest BCUT2D eigenvalue weighted by Gasteiger charge is 2.19. The first-order valence-electron chi connectivity index (χ1n) is 3.71. The number of hydrogen-bond donors (Lipinski definition) is 0. The van der Waals surface area contributed by atoms with Crippen LogP contribution in [-0.4, -0.2) is 0 Å². The van der Waals surface area contributed by atoms with Crippen molar-refractivity contribution in [3.63, 3.8) is 0 Å². The molecule has 0 aromatic rings. The highest BCUT2D eigenvalue weighted by atomic mass is 35.5. The molecule has 0 aliphatic heterocycles. The molecule has 9 heavy (non-hydrogen) atoms. The lowest BCUT2D eigenvalue weighted by Crippen LogP contribution is -2.14. The molecule has 1 fully saturated rings. The Kier molecular flexibility index (Phi) is 3.57. The molecule has 1 rings (SSSR count). The van der Waals surface area contributed by atoms with Crippen LogP contribution in [0.1, 0.15) is 46.0 Å². The quantitative estimate of drug-likeness (QED) is 0.494. The summed E-state index contributed by atoms with van der Waals surface area (Å²) in [5, 5.41) is 0. The standard InChI is InChI=1S/C8H16.ClH/c1-8(2)6-4-3-5-7-8;/h3-7H2,1-2H3;1H. The minimum absolute atomic E-state index is 0. The zero-order valence-electron chi connectivity index (χ0n) is 6.44. The lowest BCUT2D eigenvalue weighted by Gasteiger charge is -2.28. The topological polar surface area (TPSA) is 0 Å². The predicted molar refractivity (Wildman–Crippen MR) is 44.1 cm³/mol. The Morgan fingerprint density at radius 3 is 1.56 bits per heavy atom. The van der Waals surface area contributed by atoms with E-state index in [9.17, 15) is 0 Å². The molecule has 0 atom stereocenters. The molecule has 1 aliphatic rings. The molecule has 0 saturated heterocycles. The third-order valence-electron chi connectivity index (χ3n) is 2.21. The molecule has 0 aromatic heterocycles. The SMILES string of the molecule is CC1(C)CCCCC1.Cl. The maximum atomic E-state index is 2.38. The van der Waals surface area contributed by atoms with E-state index in [4.69, 9.17) is 0 Å². The fourth-order valence-electron chi connectivity index (χ4n) is 1.51. The van der Waals surface area contributed by atoms with Crippen LogP contribution in [0.15, 0.2) is 0 Å². The van der Waals surface area contributed by atoms with E-state index in [2.05, 4.69) is 13.8 Å². The zero-order valence-corrected chi connectivity index (χ0v) is 7.26. The molecule has 0 unspecified atom stereocenters. The van der Waals surface area contributed by atoms with Crippen molar-refractivity contribution in [3.05, 3.63) is 0 Å². The van der Waals surface area contributed by atoms with Gasteiger partial charge in [0.25, 0.3) is 0 Å². The molecule has 0 nitrogen and oxygen atoms in total. The van der Waals surface area contributed by atoms with Gasteiger partial charge in [0.2, 0.25) is 0 Å². The number of halogens is 1. The Balaban J connectivity index is 0.000000640. The van der Waals surface area contributed by atoms with E-state index in [1.54, 1.807) is 0 Å². The maximum Gasteiger partial charge on any atom is -0.0354 e. The largest absolute Gasteiger partial charge is 0.147 e. The molecule has 0 spiro atoms. The number of rotatable bonds is 0. The van der Waals surface area contributed by atoms with Crippen molar-refractivity contribution in [1.29, 1.82) is 0 Å². The third kappa shape index (κ3) is 3.10. The van der Waals surface area contributed by atoms with Crippen LogP contribution in [0.4, 0.5) is 0 Å². The molecule has 0 heterocycles. The average molecular weight is 149 g/mol. The molecule has 0 amide bonds. The average Bonchev–Trinajstić information content (AvgIpc) is 1.65. The van der Waals surface area contributed by atoms with Gasteiger partial charge in [0.05, 0.1) is 0 Å². The first-order valence-corrected chi connectivity index (χ1v) is 3.71. The maximum absolute atomic E-state index is 2.38. The summed E-state index contributed by atoms with van der Waals surface area (Å²) in [6.07, 6.45) is 7.31. The molecule has 56 valence electrons. The van der Waals surface area contributed by atoms with Gasteiger partial charge in [-0.05, 0) is 18.3 Å². The van der Waals surface area contributed by atoms with Crippen molar-refractivity contribution in [3.8, 4) is 0 Å². The van der Waals surface area contributed by atoms with Gasteiger partial charge < -0.3 is 0 Å². The van der Waals surface area contributed by atoms with Crippen LogP contribution in [0.3, 0.4) is 0 Å². The summed E-state index contributed by atoms with van der Waals surface area (Å²) < 4.78 is 0. The minimum Gasteiger partial charge on any atom is -0.147 e. The van der Waals surface area contributed by atoms with Crippen molar-refractivity contribution in [2.75, 3.05) is 0 Å². The van der Waals surface area contributed by atoms with Crippen molar-refractivity contribution in [1.82, 2.24) is 0 Å². The summed E-state index contributed by atoms with van der Waals surface area (Å²) in [5.41, 5.74) is 0.679. The van der Waals surface area contributed by atoms with Crippen molar-refractivity contribution < 1.29 is 0 Å². The number of hydrogen-bond acceptors (Lipinski definition) is 0. The van der Waals surface area contributed by atoms with E-state index in [0.717, 1.165) is 0 Å². The Bertz CT molecular complexity index is 68.6. The summed E-state index contributed by atoms with van der Waals surface area (Å²) in [6, 6.07) is 0. The Hall–Kier alpha value is 0.290. The van der Waals surface area contributed by atoms with Gasteiger partial charge in [-0.25, -0.2) is 0 Å². The second kappa shape index (κ2) is 3.46. The van der Waals surface area contributed by atoms with Gasteiger partial charge in [-0.1, -0.05) is 33.1 Å². The minimum atomic E-state index is 0. The molecule has 1 aliphatic carbocycles. The van der Waals surface area contributed by atoms with Gasteiger partial charge in [-0.3, -0.25) is 0 Å². The van der Waals surface area contributed by atoms with Crippen molar-refractivity contribution >= 4 is 12.4 Å². The molecule has 0 radical (unpaired) electrons. The molecule has 0 aromatic carbocycles. The predicted octanol–water partition coefficient (Wildman–Crippen LogP) is 3.40. The van der Waals surface area contributed by atoms with E-state index < -0.39 is 0 Å². The van der Waals surface area contributed by atoms with E-state index in [-0.39, 0.29) is 12.4 Å². The summed E-state index contributed by atoms with van der Waals surface area (Å²) in [6.45, 7) is 4.76. The van der Waals surface area contributed by atoms with Gasteiger partial charge in [0.15, 0.2) is 0 Å². The molecule has 1 saturated carbocycles. The third-order valence-corrected chi connectivity index (χ3v) is 2.21. The molecular weight excluding hydrogens is 132 g/mol. The fraction of sp³-hybridized carbons (Fsp3) is 1.00. The van der Waals surface area contributed by atoms with Crippen molar-refractivity contribution in [2.24, 2.45) is 5.41 Å². The highest BCUT2D eigenvalue weighted by molar-refractivity contribution is 5.85. The summed E-state index contributed by atoms with van der Waals surface area (Å²) in [7, 11) is 0. The van der Waals surface area contributed by atoms with E-state index in [0.29, 0.717) is 5.41 Å². The Morgan fingerprint density at radius 1 is 0.889 bits per heavy atom. The fourth-order valence-corrected chi connectivity index (χ4v) is 1.51. The highest BCUT2D eigenvalue weighted by Crippen LogP contribution is 2.34. The van der Waals surface area contributed by atoms with Crippen molar-refractivity contribution in [2.45, 2.75) is 46.0 Å². The van der Waals surface area contributed by atoms with Crippen LogP contribution in [0.5, 0.6) is 0 Å². The normalized spacial score (nSPS) is 24.7. The summed E-state index contributed by atoms with van der Waals surface area (Å²) >= 11 is 0. The second-order valence-electron chi connectivity index (χ2n) is 3.72. The van der Waals surface area contributed by atoms with Crippen LogP contribution >= 0.6 is 12.4 Å². The van der Waals surface area contributed by atoms with E-state index in [1.165, 1.54) is 32.1 Å². The van der Waals surface area contributed by atoms with Crippen LogP contribution in [-0.2, 0) is 0 Å². The summed E-state index contributed by atoms with van der Waals surface area (Å²) in [5.74, 6) is 0. The van der Waals surface area contributed by atoms with Crippen LogP contribution < -0.4 is 0 Å². The lowest BCUT2D eigenvalue weighted by atomic mass is 9.78. The van der Waals surface area contributed by atoms with Crippen LogP contribution in [0.2, 0.25) is 0 Å². The van der Waals surface area contributed by atoms with Gasteiger partial charge in [0, 0.05) is 0 Å². The van der Waals surface area contributed by atoms with Gasteiger partial charge >= 0.3 is 0 Å². The van der Waals surface area contributed by atoms with Gasteiger partial charge in [-0.2, -0.15) is 0 Å². The monoisotopic (exact) mass is 148 g/mol. The molecule has 0 N–H and O–H groups in total. The van der Waals surface area contributed by atoms with Crippen LogP contribution in [0, 0.1) is 5.41 Å². The first kappa shape index (κ1) is 9.29. The molecular formula is C8H17Cl. The Labute approximate surface area is 64.4 Å². The second-order valence-corrected chi connectivity index (χ2v) is 3.72. The molecule has 0 bridgehead atoms. The van der Waals surface area contributed by atoms with E-state index in [1.807, 2.05) is 0 Å². The van der Waals surface area contributed by atoms with Gasteiger partial charge in [0.1, 0.15) is 0 Å². The van der Waals surface area contributed by atoms with Gasteiger partial charge in [-0.15, -0.1) is 12.4 Å². The first-order chi connectivity index (χ1) is 3.71. The van der Waals surface area contributed by atoms with Crippen LogP contribution in [0.25, 0.3) is 0 Å². The van der Waals surface area contributed by atoms with E-state index >= 15 is 0 Å². The Morgan fingerprint density at radius 2 is 1.33 bits per heavy atom. The summed E-state index contributed by atoms with van der Waals surface area (Å²) in [4.78, 5) is 0. The smallest absolute Gasteiger partial charge is 0.0354 e. The zero-order chi connectivity index (χ0) is 6.04. The molecule has 1 heteroatoms.